The summed E-state index contributed by atoms with van der Waals surface area (Å²) >= 11 is 0. The first kappa shape index (κ1) is 15.0. The molecule has 0 aromatic heterocycles. The van der Waals surface area contributed by atoms with Crippen molar-refractivity contribution in [1.82, 2.24) is 4.72 Å². The number of hydrogen-bond acceptors (Lipinski definition) is 3. The maximum atomic E-state index is 11.9. The van der Waals surface area contributed by atoms with Crippen molar-refractivity contribution in [2.45, 2.75) is 37.5 Å². The zero-order valence-electron chi connectivity index (χ0n) is 11.6. The highest BCUT2D eigenvalue weighted by Gasteiger charge is 2.25. The van der Waals surface area contributed by atoms with E-state index in [1.165, 1.54) is 12.1 Å². The van der Waals surface area contributed by atoms with E-state index in [1.807, 2.05) is 6.92 Å². The molecule has 20 heavy (non-hydrogen) atoms. The predicted molar refractivity (Wildman–Crippen MR) is 77.9 cm³/mol. The molecule has 1 aromatic rings. The van der Waals surface area contributed by atoms with Crippen LogP contribution in [0, 0.1) is 5.92 Å². The van der Waals surface area contributed by atoms with Gasteiger partial charge in [-0.05, 0) is 43.5 Å². The first-order valence-corrected chi connectivity index (χ1v) is 8.42. The molecule has 1 aromatic carbocycles. The SMILES string of the molecule is CCCNS(=O)(=O)c1ccc(NC(=O)C2CCC2)cc1. The molecule has 0 aliphatic heterocycles. The smallest absolute Gasteiger partial charge is 0.240 e. The molecule has 0 spiro atoms. The summed E-state index contributed by atoms with van der Waals surface area (Å²) in [6.07, 6.45) is 3.74. The Morgan fingerprint density at radius 2 is 1.90 bits per heavy atom. The molecule has 1 amide bonds. The van der Waals surface area contributed by atoms with Gasteiger partial charge in [0.2, 0.25) is 15.9 Å². The number of carbonyl (C=O) groups excluding carboxylic acids is 1. The lowest BCUT2D eigenvalue weighted by molar-refractivity contribution is -0.122. The van der Waals surface area contributed by atoms with Crippen LogP contribution in [-0.2, 0) is 14.8 Å². The molecule has 1 saturated carbocycles. The molecular weight excluding hydrogens is 276 g/mol. The Hall–Kier alpha value is -1.40. The molecule has 0 radical (unpaired) electrons. The Kier molecular flexibility index (Phi) is 4.77. The molecule has 1 aliphatic carbocycles. The first-order chi connectivity index (χ1) is 9.53. The Morgan fingerprint density at radius 1 is 1.25 bits per heavy atom. The number of rotatable bonds is 6. The number of amides is 1. The Bertz CT molecular complexity index is 563. The number of hydrogen-bond donors (Lipinski definition) is 2. The minimum atomic E-state index is -3.44. The van der Waals surface area contributed by atoms with Gasteiger partial charge >= 0.3 is 0 Å². The highest BCUT2D eigenvalue weighted by atomic mass is 32.2. The topological polar surface area (TPSA) is 75.3 Å². The fourth-order valence-corrected chi connectivity index (χ4v) is 3.09. The summed E-state index contributed by atoms with van der Waals surface area (Å²) in [6.45, 7) is 2.32. The van der Waals surface area contributed by atoms with Gasteiger partial charge in [0.25, 0.3) is 0 Å². The summed E-state index contributed by atoms with van der Waals surface area (Å²) in [4.78, 5) is 12.0. The average Bonchev–Trinajstić information content (AvgIpc) is 2.35. The van der Waals surface area contributed by atoms with Crippen molar-refractivity contribution in [1.29, 1.82) is 0 Å². The van der Waals surface area contributed by atoms with E-state index >= 15 is 0 Å². The second-order valence-electron chi connectivity index (χ2n) is 5.04. The van der Waals surface area contributed by atoms with Crippen molar-refractivity contribution in [2.75, 3.05) is 11.9 Å². The Morgan fingerprint density at radius 3 is 2.40 bits per heavy atom. The number of carbonyl (C=O) groups is 1. The van der Waals surface area contributed by atoms with E-state index in [4.69, 9.17) is 0 Å². The largest absolute Gasteiger partial charge is 0.326 e. The van der Waals surface area contributed by atoms with Crippen molar-refractivity contribution in [3.05, 3.63) is 24.3 Å². The first-order valence-electron chi connectivity index (χ1n) is 6.93. The van der Waals surface area contributed by atoms with E-state index in [9.17, 15) is 13.2 Å². The monoisotopic (exact) mass is 296 g/mol. The molecule has 0 heterocycles. The van der Waals surface area contributed by atoms with Crippen LogP contribution in [0.1, 0.15) is 32.6 Å². The third kappa shape index (κ3) is 3.58. The van der Waals surface area contributed by atoms with Crippen LogP contribution in [0.2, 0.25) is 0 Å². The summed E-state index contributed by atoms with van der Waals surface area (Å²) in [5, 5.41) is 2.81. The maximum absolute atomic E-state index is 11.9. The number of anilines is 1. The van der Waals surface area contributed by atoms with Gasteiger partial charge in [0, 0.05) is 18.2 Å². The van der Waals surface area contributed by atoms with E-state index in [2.05, 4.69) is 10.0 Å². The van der Waals surface area contributed by atoms with Gasteiger partial charge in [-0.25, -0.2) is 13.1 Å². The van der Waals surface area contributed by atoms with Gasteiger partial charge in [-0.1, -0.05) is 13.3 Å². The van der Waals surface area contributed by atoms with Crippen molar-refractivity contribution < 1.29 is 13.2 Å². The molecule has 2 rings (SSSR count). The fraction of sp³-hybridized carbons (Fsp3) is 0.500. The number of benzene rings is 1. The molecule has 0 saturated heterocycles. The van der Waals surface area contributed by atoms with Gasteiger partial charge in [-0.3, -0.25) is 4.79 Å². The lowest BCUT2D eigenvalue weighted by Gasteiger charge is -2.24. The second-order valence-corrected chi connectivity index (χ2v) is 6.81. The van der Waals surface area contributed by atoms with Crippen LogP contribution in [0.4, 0.5) is 5.69 Å². The molecule has 1 aliphatic rings. The van der Waals surface area contributed by atoms with Crippen LogP contribution < -0.4 is 10.0 Å². The molecule has 0 bridgehead atoms. The summed E-state index contributed by atoms with van der Waals surface area (Å²) in [5.74, 6) is 0.139. The van der Waals surface area contributed by atoms with Gasteiger partial charge in [0.05, 0.1) is 4.90 Å². The molecule has 2 N–H and O–H groups in total. The van der Waals surface area contributed by atoms with Crippen LogP contribution in [-0.4, -0.2) is 20.9 Å². The summed E-state index contributed by atoms with van der Waals surface area (Å²) in [7, 11) is -3.44. The molecule has 5 nitrogen and oxygen atoms in total. The molecule has 6 heteroatoms. The van der Waals surface area contributed by atoms with Crippen molar-refractivity contribution in [2.24, 2.45) is 5.92 Å². The average molecular weight is 296 g/mol. The third-order valence-corrected chi connectivity index (χ3v) is 4.93. The quantitative estimate of drug-likeness (QED) is 0.844. The minimum absolute atomic E-state index is 0.0240. The Balaban J connectivity index is 2.00. The van der Waals surface area contributed by atoms with Gasteiger partial charge in [-0.2, -0.15) is 0 Å². The molecule has 1 fully saturated rings. The lowest BCUT2D eigenvalue weighted by Crippen LogP contribution is -2.28. The van der Waals surface area contributed by atoms with Crippen molar-refractivity contribution >= 4 is 21.6 Å². The number of nitrogens with one attached hydrogen (secondary N) is 2. The highest BCUT2D eigenvalue weighted by Crippen LogP contribution is 2.27. The normalized spacial score (nSPS) is 15.7. The van der Waals surface area contributed by atoms with Gasteiger partial charge < -0.3 is 5.32 Å². The van der Waals surface area contributed by atoms with Crippen LogP contribution >= 0.6 is 0 Å². The van der Waals surface area contributed by atoms with Crippen LogP contribution in [0.3, 0.4) is 0 Å². The molecular formula is C14H20N2O3S. The zero-order chi connectivity index (χ0) is 14.6. The van der Waals surface area contributed by atoms with Gasteiger partial charge in [-0.15, -0.1) is 0 Å². The van der Waals surface area contributed by atoms with E-state index in [0.29, 0.717) is 12.2 Å². The maximum Gasteiger partial charge on any atom is 0.240 e. The van der Waals surface area contributed by atoms with E-state index in [0.717, 1.165) is 25.7 Å². The minimum Gasteiger partial charge on any atom is -0.326 e. The predicted octanol–water partition coefficient (Wildman–Crippen LogP) is 2.11. The van der Waals surface area contributed by atoms with Crippen LogP contribution in [0.25, 0.3) is 0 Å². The van der Waals surface area contributed by atoms with Crippen LogP contribution in [0.15, 0.2) is 29.2 Å². The van der Waals surface area contributed by atoms with Crippen molar-refractivity contribution in [3.8, 4) is 0 Å². The molecule has 110 valence electrons. The molecule has 0 unspecified atom stereocenters. The standard InChI is InChI=1S/C14H20N2O3S/c1-2-10-15-20(18,19)13-8-6-12(7-9-13)16-14(17)11-4-3-5-11/h6-9,11,15H,2-5,10H2,1H3,(H,16,17). The fourth-order valence-electron chi connectivity index (χ4n) is 1.95. The lowest BCUT2D eigenvalue weighted by atomic mass is 9.85. The van der Waals surface area contributed by atoms with Gasteiger partial charge in [0.1, 0.15) is 0 Å². The summed E-state index contributed by atoms with van der Waals surface area (Å²) < 4.78 is 26.3. The zero-order valence-corrected chi connectivity index (χ0v) is 12.4. The van der Waals surface area contributed by atoms with E-state index < -0.39 is 10.0 Å². The van der Waals surface area contributed by atoms with Crippen molar-refractivity contribution in [3.63, 3.8) is 0 Å². The Labute approximate surface area is 119 Å². The summed E-state index contributed by atoms with van der Waals surface area (Å²) in [5.41, 5.74) is 0.636. The van der Waals surface area contributed by atoms with Crippen LogP contribution in [0.5, 0.6) is 0 Å². The summed E-state index contributed by atoms with van der Waals surface area (Å²) in [6, 6.07) is 6.26. The van der Waals surface area contributed by atoms with Gasteiger partial charge in [0.15, 0.2) is 0 Å². The van der Waals surface area contributed by atoms with E-state index in [1.54, 1.807) is 12.1 Å². The van der Waals surface area contributed by atoms with E-state index in [-0.39, 0.29) is 16.7 Å². The highest BCUT2D eigenvalue weighted by molar-refractivity contribution is 7.89. The molecule has 0 atom stereocenters. The second kappa shape index (κ2) is 6.37. The number of sulfonamides is 1. The third-order valence-electron chi connectivity index (χ3n) is 3.45.